The van der Waals surface area contributed by atoms with Gasteiger partial charge in [0.05, 0.1) is 14.2 Å². The Hall–Kier alpha value is -3.01. The van der Waals surface area contributed by atoms with Crippen molar-refractivity contribution >= 4 is 0 Å². The number of aromatic nitrogens is 1. The molecule has 24 heavy (non-hydrogen) atoms. The van der Waals surface area contributed by atoms with Crippen molar-refractivity contribution in [3.05, 3.63) is 83.6 Å². The van der Waals surface area contributed by atoms with Crippen LogP contribution in [0.1, 0.15) is 22.6 Å². The molecule has 0 unspecified atom stereocenters. The molecule has 122 valence electrons. The van der Waals surface area contributed by atoms with Crippen molar-refractivity contribution < 1.29 is 14.6 Å². The van der Waals surface area contributed by atoms with Crippen LogP contribution in [0.4, 0.5) is 0 Å². The number of pyridine rings is 1. The lowest BCUT2D eigenvalue weighted by atomic mass is 9.84. The highest BCUT2D eigenvalue weighted by Gasteiger charge is 2.25. The maximum absolute atomic E-state index is 10.3. The number of ether oxygens (including phenoxy) is 2. The van der Waals surface area contributed by atoms with Crippen LogP contribution in [0, 0.1) is 0 Å². The summed E-state index contributed by atoms with van der Waals surface area (Å²) in [6.45, 7) is 0. The predicted octanol–water partition coefficient (Wildman–Crippen LogP) is 3.98. The number of nitrogens with zero attached hydrogens (tertiary/aromatic N) is 1. The fraction of sp³-hybridized carbons (Fsp3) is 0.150. The maximum atomic E-state index is 10.3. The van der Waals surface area contributed by atoms with Crippen molar-refractivity contribution in [2.24, 2.45) is 0 Å². The predicted molar refractivity (Wildman–Crippen MR) is 92.8 cm³/mol. The highest BCUT2D eigenvalue weighted by Crippen LogP contribution is 2.42. The molecule has 0 aliphatic heterocycles. The summed E-state index contributed by atoms with van der Waals surface area (Å²) in [7, 11) is 3.28. The molecule has 2 aromatic carbocycles. The third-order valence-corrected chi connectivity index (χ3v) is 4.03. The second-order valence-corrected chi connectivity index (χ2v) is 5.33. The van der Waals surface area contributed by atoms with Crippen molar-refractivity contribution in [2.45, 2.75) is 5.92 Å². The lowest BCUT2D eigenvalue weighted by Gasteiger charge is -2.23. The molecular formula is C20H19NO3. The van der Waals surface area contributed by atoms with Crippen LogP contribution >= 0.6 is 0 Å². The smallest absolute Gasteiger partial charge is 0.214 e. The van der Waals surface area contributed by atoms with Crippen molar-refractivity contribution in [3.63, 3.8) is 0 Å². The molecule has 1 N–H and O–H groups in total. The van der Waals surface area contributed by atoms with Gasteiger partial charge in [0, 0.05) is 28.8 Å². The minimum absolute atomic E-state index is 0.000637. The van der Waals surface area contributed by atoms with Crippen LogP contribution in [-0.2, 0) is 0 Å². The molecule has 4 nitrogen and oxygen atoms in total. The Labute approximate surface area is 141 Å². The number of methoxy groups -OCH3 is 2. The number of hydrogen-bond donors (Lipinski definition) is 1. The molecule has 1 aromatic heterocycles. The fourth-order valence-electron chi connectivity index (χ4n) is 2.95. The lowest BCUT2D eigenvalue weighted by molar-refractivity contribution is 0.400. The van der Waals surface area contributed by atoms with Gasteiger partial charge >= 0.3 is 0 Å². The molecule has 0 bridgehead atoms. The van der Waals surface area contributed by atoms with E-state index in [4.69, 9.17) is 9.47 Å². The van der Waals surface area contributed by atoms with E-state index >= 15 is 0 Å². The van der Waals surface area contributed by atoms with Gasteiger partial charge in [0.25, 0.3) is 0 Å². The molecule has 3 aromatic rings. The van der Waals surface area contributed by atoms with E-state index in [0.717, 1.165) is 22.6 Å². The van der Waals surface area contributed by atoms with Crippen molar-refractivity contribution in [1.82, 2.24) is 4.98 Å². The summed E-state index contributed by atoms with van der Waals surface area (Å²) in [5, 5.41) is 10.3. The van der Waals surface area contributed by atoms with E-state index in [1.807, 2.05) is 60.7 Å². The first-order chi connectivity index (χ1) is 11.8. The molecule has 0 saturated heterocycles. The number of hydrogen-bond acceptors (Lipinski definition) is 4. The van der Waals surface area contributed by atoms with E-state index < -0.39 is 0 Å². The number of aromatic hydroxyl groups is 1. The molecule has 4 heteroatoms. The molecule has 0 aliphatic rings. The van der Waals surface area contributed by atoms with Gasteiger partial charge < -0.3 is 14.6 Å². The molecule has 0 radical (unpaired) electrons. The van der Waals surface area contributed by atoms with Gasteiger partial charge in [-0.3, -0.25) is 0 Å². The summed E-state index contributed by atoms with van der Waals surface area (Å²) in [4.78, 5) is 4.04. The first kappa shape index (κ1) is 15.9. The Balaban J connectivity index is 2.28. The largest absolute Gasteiger partial charge is 0.496 e. The fourth-order valence-corrected chi connectivity index (χ4v) is 2.95. The van der Waals surface area contributed by atoms with Gasteiger partial charge in [-0.05, 0) is 18.2 Å². The van der Waals surface area contributed by atoms with E-state index in [-0.39, 0.29) is 11.8 Å². The molecule has 1 heterocycles. The summed E-state index contributed by atoms with van der Waals surface area (Å²) in [6, 6.07) is 19.2. The average molecular weight is 321 g/mol. The Morgan fingerprint density at radius 1 is 0.750 bits per heavy atom. The van der Waals surface area contributed by atoms with E-state index in [9.17, 15) is 5.11 Å². The molecule has 0 saturated carbocycles. The van der Waals surface area contributed by atoms with E-state index in [0.29, 0.717) is 5.56 Å². The van der Waals surface area contributed by atoms with E-state index in [1.165, 1.54) is 0 Å². The van der Waals surface area contributed by atoms with Crippen LogP contribution in [0.3, 0.4) is 0 Å². The summed E-state index contributed by atoms with van der Waals surface area (Å²) in [5.74, 6) is 1.23. The number of rotatable bonds is 5. The van der Waals surface area contributed by atoms with E-state index in [1.54, 1.807) is 20.4 Å². The monoisotopic (exact) mass is 321 g/mol. The SMILES string of the molecule is COc1ccccc1C(c1ccccc1OC)c1cccnc1O. The lowest BCUT2D eigenvalue weighted by Crippen LogP contribution is -2.08. The zero-order chi connectivity index (χ0) is 16.9. The standard InChI is InChI=1S/C20H19NO3/c1-23-17-11-5-3-8-14(17)19(16-10-7-13-21-20(16)22)15-9-4-6-12-18(15)24-2/h3-13,19H,1-2H3,(H,21,22). The molecule has 0 aliphatic carbocycles. The first-order valence-corrected chi connectivity index (χ1v) is 7.66. The third-order valence-electron chi connectivity index (χ3n) is 4.03. The minimum Gasteiger partial charge on any atom is -0.496 e. The normalized spacial score (nSPS) is 10.6. The van der Waals surface area contributed by atoms with Gasteiger partial charge in [0.15, 0.2) is 0 Å². The maximum Gasteiger partial charge on any atom is 0.214 e. The summed E-state index contributed by atoms with van der Waals surface area (Å²) in [6.07, 6.45) is 1.57. The van der Waals surface area contributed by atoms with Gasteiger partial charge in [-0.2, -0.15) is 0 Å². The number of para-hydroxylation sites is 2. The van der Waals surface area contributed by atoms with Crippen LogP contribution in [-0.4, -0.2) is 24.3 Å². The van der Waals surface area contributed by atoms with Crippen LogP contribution in [0.5, 0.6) is 17.4 Å². The third kappa shape index (κ3) is 2.91. The topological polar surface area (TPSA) is 51.6 Å². The van der Waals surface area contributed by atoms with Crippen LogP contribution < -0.4 is 9.47 Å². The quantitative estimate of drug-likeness (QED) is 0.772. The summed E-state index contributed by atoms with van der Waals surface area (Å²) >= 11 is 0. The van der Waals surface area contributed by atoms with Gasteiger partial charge in [-0.15, -0.1) is 0 Å². The molecule has 0 spiro atoms. The Kier molecular flexibility index (Phi) is 4.66. The number of benzene rings is 2. The second-order valence-electron chi connectivity index (χ2n) is 5.33. The summed E-state index contributed by atoms with van der Waals surface area (Å²) in [5.41, 5.74) is 2.58. The molecular weight excluding hydrogens is 302 g/mol. The van der Waals surface area contributed by atoms with Gasteiger partial charge in [0.2, 0.25) is 5.88 Å². The zero-order valence-corrected chi connectivity index (χ0v) is 13.6. The van der Waals surface area contributed by atoms with E-state index in [2.05, 4.69) is 4.98 Å². The van der Waals surface area contributed by atoms with Crippen LogP contribution in [0.2, 0.25) is 0 Å². The molecule has 0 amide bonds. The van der Waals surface area contributed by atoms with Gasteiger partial charge in [-0.1, -0.05) is 42.5 Å². The van der Waals surface area contributed by atoms with Gasteiger partial charge in [0.1, 0.15) is 11.5 Å². The Morgan fingerprint density at radius 3 is 1.75 bits per heavy atom. The van der Waals surface area contributed by atoms with Crippen LogP contribution in [0.15, 0.2) is 66.9 Å². The van der Waals surface area contributed by atoms with Crippen molar-refractivity contribution in [1.29, 1.82) is 0 Å². The Bertz CT molecular complexity index is 785. The van der Waals surface area contributed by atoms with Gasteiger partial charge in [-0.25, -0.2) is 4.98 Å². The molecule has 0 atom stereocenters. The minimum atomic E-state index is -0.258. The van der Waals surface area contributed by atoms with Crippen molar-refractivity contribution in [2.75, 3.05) is 14.2 Å². The highest BCUT2D eigenvalue weighted by molar-refractivity contribution is 5.54. The first-order valence-electron chi connectivity index (χ1n) is 7.66. The van der Waals surface area contributed by atoms with Crippen molar-refractivity contribution in [3.8, 4) is 17.4 Å². The molecule has 0 fully saturated rings. The highest BCUT2D eigenvalue weighted by atomic mass is 16.5. The zero-order valence-electron chi connectivity index (χ0n) is 13.6. The summed E-state index contributed by atoms with van der Waals surface area (Å²) < 4.78 is 11.1. The molecule has 3 rings (SSSR count). The average Bonchev–Trinajstić information content (AvgIpc) is 2.64. The van der Waals surface area contributed by atoms with Crippen LogP contribution in [0.25, 0.3) is 0 Å². The Morgan fingerprint density at radius 2 is 1.25 bits per heavy atom. The second kappa shape index (κ2) is 7.04.